The molecule has 0 saturated carbocycles. The highest BCUT2D eigenvalue weighted by Crippen LogP contribution is 2.47. The first-order valence-corrected chi connectivity index (χ1v) is 12.3. The van der Waals surface area contributed by atoms with Gasteiger partial charge < -0.3 is 10.2 Å². The lowest BCUT2D eigenvalue weighted by molar-refractivity contribution is -0.421. The minimum absolute atomic E-state index is 0.0156. The second-order valence-electron chi connectivity index (χ2n) is 9.08. The van der Waals surface area contributed by atoms with Crippen LogP contribution < -0.4 is 10.2 Å². The Kier molecular flexibility index (Phi) is 9.81. The Labute approximate surface area is 273 Å². The van der Waals surface area contributed by atoms with Crippen molar-refractivity contribution in [2.75, 3.05) is 0 Å². The number of nitro groups is 9. The third-order valence-electron chi connectivity index (χ3n) is 6.40. The van der Waals surface area contributed by atoms with Gasteiger partial charge in [0.15, 0.2) is 0 Å². The van der Waals surface area contributed by atoms with E-state index < -0.39 is 129 Å². The molecule has 3 aromatic carbocycles. The molecule has 3 rings (SSSR count). The van der Waals surface area contributed by atoms with Gasteiger partial charge in [-0.05, 0) is 24.3 Å². The Morgan fingerprint density at radius 3 is 0.706 bits per heavy atom. The van der Waals surface area contributed by atoms with E-state index in [0.29, 0.717) is 0 Å². The lowest BCUT2D eigenvalue weighted by Gasteiger charge is -2.10. The number of hydrogen-bond donors (Lipinski definition) is 0. The summed E-state index contributed by atoms with van der Waals surface area (Å²) in [6, 6.07) is -0.0477. The maximum Gasteiger partial charge on any atom is 0.297 e. The molecule has 29 nitrogen and oxygen atoms in total. The van der Waals surface area contributed by atoms with E-state index in [4.69, 9.17) is 0 Å². The monoisotopic (exact) mass is 717 g/mol. The van der Waals surface area contributed by atoms with Gasteiger partial charge >= 0.3 is 0 Å². The number of benzene rings is 3. The minimum Gasteiger partial charge on any atom is -0.863 e. The fourth-order valence-electron chi connectivity index (χ4n) is 4.37. The van der Waals surface area contributed by atoms with Crippen LogP contribution in [0.5, 0.6) is 11.5 Å². The fraction of sp³-hybridized carbons (Fsp3) is 0. The first-order chi connectivity index (χ1) is 23.6. The van der Waals surface area contributed by atoms with Gasteiger partial charge in [-0.25, -0.2) is 0 Å². The zero-order valence-corrected chi connectivity index (χ0v) is 23.7. The fourth-order valence-corrected chi connectivity index (χ4v) is 4.37. The maximum absolute atomic E-state index is 12.4. The minimum atomic E-state index is -2.02. The van der Waals surface area contributed by atoms with E-state index in [0.717, 1.165) is 0 Å². The molecule has 0 saturated heterocycles. The molecule has 29 heteroatoms. The molecule has 0 radical (unpaired) electrons. The number of nitrogens with zero attached hydrogens (tertiary/aromatic N) is 9. The average molecular weight is 717 g/mol. The highest BCUT2D eigenvalue weighted by atomic mass is 16.7. The largest absolute Gasteiger partial charge is 0.863 e. The number of nitro benzene ring substituents is 9. The van der Waals surface area contributed by atoms with E-state index in [1.807, 2.05) is 0 Å². The SMILES string of the molecule is O=[N+]([O-])c1cc([N+](=O)[O-])c(/C=C/c2c([N+](=O)[O-])cc([N+](=O)[O-])c(/C=C/c3c([N+](=O)[O-])cc([N+](=O)[O-])c([O-])c3[N+](=O)[O-])c2[N+](=O)[O-])c([N+](=O)[O-])c1[O-]. The Morgan fingerprint density at radius 1 is 0.314 bits per heavy atom. The Hall–Kier alpha value is -8.66. The van der Waals surface area contributed by atoms with Crippen molar-refractivity contribution in [3.63, 3.8) is 0 Å². The van der Waals surface area contributed by atoms with Gasteiger partial charge in [0.1, 0.15) is 22.3 Å². The molecule has 0 heterocycles. The van der Waals surface area contributed by atoms with E-state index in [1.165, 1.54) is 0 Å². The van der Waals surface area contributed by atoms with Crippen molar-refractivity contribution < 1.29 is 54.5 Å². The van der Waals surface area contributed by atoms with Crippen LogP contribution in [0, 0.1) is 91.0 Å². The molecule has 262 valence electrons. The van der Waals surface area contributed by atoms with Gasteiger partial charge in [0.25, 0.3) is 51.2 Å². The van der Waals surface area contributed by atoms with E-state index in [2.05, 4.69) is 0 Å². The first kappa shape index (κ1) is 36.8. The van der Waals surface area contributed by atoms with Crippen molar-refractivity contribution in [2.24, 2.45) is 0 Å². The summed E-state index contributed by atoms with van der Waals surface area (Å²) in [6.07, 6.45) is 0.548. The summed E-state index contributed by atoms with van der Waals surface area (Å²) >= 11 is 0. The molecule has 0 aromatic heterocycles. The molecular formula is C22H7N9O20-2. The van der Waals surface area contributed by atoms with Crippen LogP contribution >= 0.6 is 0 Å². The van der Waals surface area contributed by atoms with Crippen LogP contribution in [0.25, 0.3) is 24.3 Å². The van der Waals surface area contributed by atoms with Crippen LogP contribution in [-0.2, 0) is 0 Å². The van der Waals surface area contributed by atoms with Crippen LogP contribution in [0.15, 0.2) is 18.2 Å². The number of rotatable bonds is 13. The van der Waals surface area contributed by atoms with Crippen LogP contribution in [0.1, 0.15) is 22.3 Å². The van der Waals surface area contributed by atoms with Gasteiger partial charge in [0.2, 0.25) is 0 Å². The van der Waals surface area contributed by atoms with Crippen LogP contribution in [0.3, 0.4) is 0 Å². The van der Waals surface area contributed by atoms with Crippen molar-refractivity contribution in [2.45, 2.75) is 0 Å². The van der Waals surface area contributed by atoms with Crippen molar-refractivity contribution in [1.29, 1.82) is 0 Å². The molecule has 0 aliphatic carbocycles. The van der Waals surface area contributed by atoms with E-state index in [9.17, 15) is 101 Å². The van der Waals surface area contributed by atoms with E-state index in [-0.39, 0.29) is 42.5 Å². The summed E-state index contributed by atoms with van der Waals surface area (Å²) in [5.74, 6) is -4.04. The lowest BCUT2D eigenvalue weighted by Crippen LogP contribution is -2.07. The Balaban J connectivity index is 2.57. The molecule has 0 bridgehead atoms. The standard InChI is InChI=1S/C22H9N9O20/c32-21-16(27(42)43)6-14(25(38)39)10(19(21)30(48)49)3-1-8-12(23(34)35)5-13(24(36)37)9(18(8)29(46)47)2-4-11-15(26(40)41)7-17(28(44)45)22(33)20(11)31(50)51/h1-7,32-33H/p-2/b3-1+,4-2+. The quantitative estimate of drug-likeness (QED) is 0.139. The van der Waals surface area contributed by atoms with Crippen LogP contribution in [0.4, 0.5) is 51.2 Å². The molecule has 0 amide bonds. The zero-order valence-electron chi connectivity index (χ0n) is 23.7. The van der Waals surface area contributed by atoms with Crippen molar-refractivity contribution in [3.05, 3.63) is 131 Å². The Morgan fingerprint density at radius 2 is 0.510 bits per heavy atom. The molecule has 0 aliphatic heterocycles. The smallest absolute Gasteiger partial charge is 0.297 e. The molecule has 0 spiro atoms. The predicted molar refractivity (Wildman–Crippen MR) is 156 cm³/mol. The van der Waals surface area contributed by atoms with Crippen molar-refractivity contribution in [3.8, 4) is 11.5 Å². The number of hydrogen-bond acceptors (Lipinski definition) is 20. The van der Waals surface area contributed by atoms with Gasteiger partial charge in [0, 0.05) is 0 Å². The third-order valence-corrected chi connectivity index (χ3v) is 6.40. The summed E-state index contributed by atoms with van der Waals surface area (Å²) < 4.78 is 0. The second-order valence-corrected chi connectivity index (χ2v) is 9.08. The van der Waals surface area contributed by atoms with Gasteiger partial charge in [-0.1, -0.05) is 0 Å². The molecule has 0 N–H and O–H groups in total. The summed E-state index contributed by atoms with van der Waals surface area (Å²) in [5.41, 5.74) is -20.6. The molecule has 51 heavy (non-hydrogen) atoms. The topological polar surface area (TPSA) is 434 Å². The second kappa shape index (κ2) is 13.6. The molecule has 0 fully saturated rings. The van der Waals surface area contributed by atoms with Crippen molar-refractivity contribution in [1.82, 2.24) is 0 Å². The average Bonchev–Trinajstić information content (AvgIpc) is 3.00. The molecule has 3 aromatic rings. The molecule has 0 atom stereocenters. The lowest BCUT2D eigenvalue weighted by atomic mass is 9.98. The van der Waals surface area contributed by atoms with Crippen LogP contribution in [0.2, 0.25) is 0 Å². The highest BCUT2D eigenvalue weighted by Gasteiger charge is 2.37. The first-order valence-electron chi connectivity index (χ1n) is 12.3. The van der Waals surface area contributed by atoms with Gasteiger partial charge in [-0.2, -0.15) is 0 Å². The summed E-state index contributed by atoms with van der Waals surface area (Å²) in [7, 11) is 0. The Bertz CT molecular complexity index is 2100. The molecule has 0 aliphatic rings. The molecule has 0 unspecified atom stereocenters. The van der Waals surface area contributed by atoms with Crippen molar-refractivity contribution >= 4 is 75.5 Å². The molecular weight excluding hydrogens is 710 g/mol. The van der Waals surface area contributed by atoms with Gasteiger partial charge in [-0.15, -0.1) is 0 Å². The maximum atomic E-state index is 12.4. The zero-order chi connectivity index (χ0) is 38.8. The van der Waals surface area contributed by atoms with E-state index >= 15 is 0 Å². The predicted octanol–water partition coefficient (Wildman–Crippen LogP) is 3.35. The third kappa shape index (κ3) is 6.75. The normalized spacial score (nSPS) is 11.0. The summed E-state index contributed by atoms with van der Waals surface area (Å²) in [5, 5.41) is 130. The van der Waals surface area contributed by atoms with Gasteiger partial charge in [-0.3, -0.25) is 91.0 Å². The highest BCUT2D eigenvalue weighted by molar-refractivity contribution is 5.93. The van der Waals surface area contributed by atoms with E-state index in [1.54, 1.807) is 0 Å². The summed E-state index contributed by atoms with van der Waals surface area (Å²) in [6.45, 7) is 0. The summed E-state index contributed by atoms with van der Waals surface area (Å²) in [4.78, 5) is 91.2. The van der Waals surface area contributed by atoms with Crippen LogP contribution in [-0.4, -0.2) is 44.3 Å². The van der Waals surface area contributed by atoms with Gasteiger partial charge in [0.05, 0.1) is 74.0 Å².